The highest BCUT2D eigenvalue weighted by Crippen LogP contribution is 2.28. The molecule has 0 spiro atoms. The number of hydrogen-bond acceptors (Lipinski definition) is 4. The van der Waals surface area contributed by atoms with Crippen molar-refractivity contribution in [2.75, 3.05) is 6.61 Å². The average Bonchev–Trinajstić information content (AvgIpc) is 2.83. The van der Waals surface area contributed by atoms with E-state index in [1.807, 2.05) is 12.3 Å². The Morgan fingerprint density at radius 1 is 1.45 bits per heavy atom. The molecule has 0 amide bonds. The number of benzene rings is 1. The lowest BCUT2D eigenvalue weighted by Crippen LogP contribution is -2.20. The molecule has 0 aliphatic carbocycles. The summed E-state index contributed by atoms with van der Waals surface area (Å²) in [6.45, 7) is 3.65. The normalized spacial score (nSPS) is 11.3. The number of esters is 1. The Labute approximate surface area is 133 Å². The lowest BCUT2D eigenvalue weighted by atomic mass is 10.1. The molecule has 0 aliphatic rings. The van der Waals surface area contributed by atoms with E-state index in [9.17, 15) is 14.0 Å². The Morgan fingerprint density at radius 3 is 2.86 bits per heavy atom. The molecule has 1 aromatic carbocycles. The van der Waals surface area contributed by atoms with Crippen LogP contribution in [0.15, 0.2) is 22.3 Å². The number of ether oxygens (including phenoxy) is 1. The van der Waals surface area contributed by atoms with Crippen LogP contribution in [-0.4, -0.2) is 17.0 Å². The SMILES string of the molecule is CCOC(=O)c1c(=O)c2cc(F)c(Cl)cc2n2c(C)csc12. The molecule has 0 fully saturated rings. The Morgan fingerprint density at radius 2 is 2.18 bits per heavy atom. The van der Waals surface area contributed by atoms with Gasteiger partial charge in [-0.25, -0.2) is 9.18 Å². The first kappa shape index (κ1) is 15.0. The van der Waals surface area contributed by atoms with Crippen molar-refractivity contribution in [2.24, 2.45) is 0 Å². The summed E-state index contributed by atoms with van der Waals surface area (Å²) in [5.74, 6) is -1.40. The number of thiazole rings is 1. The van der Waals surface area contributed by atoms with Gasteiger partial charge in [0.1, 0.15) is 16.2 Å². The predicted octanol–water partition coefficient (Wildman–Crippen LogP) is 3.79. The third-order valence-electron chi connectivity index (χ3n) is 3.34. The highest BCUT2D eigenvalue weighted by atomic mass is 35.5. The second-order valence-corrected chi connectivity index (χ2v) is 5.99. The van der Waals surface area contributed by atoms with Gasteiger partial charge in [-0.15, -0.1) is 11.3 Å². The molecule has 0 atom stereocenters. The Balaban J connectivity index is 2.55. The molecule has 4 nitrogen and oxygen atoms in total. The van der Waals surface area contributed by atoms with Gasteiger partial charge >= 0.3 is 5.97 Å². The molecular weight excluding hydrogens is 329 g/mol. The highest BCUT2D eigenvalue weighted by Gasteiger charge is 2.22. The molecule has 2 aromatic heterocycles. The fraction of sp³-hybridized carbons (Fsp3) is 0.200. The molecule has 0 saturated carbocycles. The zero-order chi connectivity index (χ0) is 16.0. The largest absolute Gasteiger partial charge is 0.462 e. The maximum atomic E-state index is 13.7. The molecule has 3 aromatic rings. The van der Waals surface area contributed by atoms with Crippen LogP contribution in [0, 0.1) is 12.7 Å². The first-order valence-electron chi connectivity index (χ1n) is 6.54. The Kier molecular flexibility index (Phi) is 3.66. The number of nitrogens with zero attached hydrogens (tertiary/aromatic N) is 1. The van der Waals surface area contributed by atoms with Gasteiger partial charge in [-0.2, -0.15) is 0 Å². The third kappa shape index (κ3) is 2.10. The van der Waals surface area contributed by atoms with Crippen molar-refractivity contribution < 1.29 is 13.9 Å². The number of carbonyl (C=O) groups is 1. The lowest BCUT2D eigenvalue weighted by Gasteiger charge is -2.09. The van der Waals surface area contributed by atoms with E-state index in [2.05, 4.69) is 0 Å². The molecule has 0 radical (unpaired) electrons. The van der Waals surface area contributed by atoms with Crippen molar-refractivity contribution in [1.29, 1.82) is 0 Å². The predicted molar refractivity (Wildman–Crippen MR) is 84.7 cm³/mol. The van der Waals surface area contributed by atoms with Crippen LogP contribution >= 0.6 is 22.9 Å². The van der Waals surface area contributed by atoms with E-state index >= 15 is 0 Å². The summed E-state index contributed by atoms with van der Waals surface area (Å²) in [6, 6.07) is 2.46. The lowest BCUT2D eigenvalue weighted by molar-refractivity contribution is 0.0527. The fourth-order valence-electron chi connectivity index (χ4n) is 2.40. The van der Waals surface area contributed by atoms with E-state index < -0.39 is 17.2 Å². The van der Waals surface area contributed by atoms with Gasteiger partial charge < -0.3 is 9.14 Å². The van der Waals surface area contributed by atoms with E-state index in [4.69, 9.17) is 16.3 Å². The number of hydrogen-bond donors (Lipinski definition) is 0. The molecule has 0 saturated heterocycles. The first-order valence-corrected chi connectivity index (χ1v) is 7.80. The van der Waals surface area contributed by atoms with E-state index in [1.54, 1.807) is 11.3 Å². The zero-order valence-electron chi connectivity index (χ0n) is 11.8. The van der Waals surface area contributed by atoms with Crippen LogP contribution in [0.1, 0.15) is 23.0 Å². The summed E-state index contributed by atoms with van der Waals surface area (Å²) in [5.41, 5.74) is 0.663. The van der Waals surface area contributed by atoms with Crippen LogP contribution in [0.5, 0.6) is 0 Å². The maximum absolute atomic E-state index is 13.7. The average molecular weight is 340 g/mol. The van der Waals surface area contributed by atoms with Crippen LogP contribution in [0.2, 0.25) is 5.02 Å². The number of halogens is 2. The van der Waals surface area contributed by atoms with Gasteiger partial charge in [-0.3, -0.25) is 4.79 Å². The second-order valence-electron chi connectivity index (χ2n) is 4.73. The van der Waals surface area contributed by atoms with Crippen LogP contribution in [0.4, 0.5) is 4.39 Å². The van der Waals surface area contributed by atoms with E-state index in [0.717, 1.165) is 11.8 Å². The topological polar surface area (TPSA) is 47.8 Å². The van der Waals surface area contributed by atoms with Gasteiger partial charge in [0.15, 0.2) is 0 Å². The minimum Gasteiger partial charge on any atom is -0.462 e. The summed E-state index contributed by atoms with van der Waals surface area (Å²) >= 11 is 7.09. The number of pyridine rings is 1. The van der Waals surface area contributed by atoms with Crippen LogP contribution in [-0.2, 0) is 4.74 Å². The third-order valence-corrected chi connectivity index (χ3v) is 4.70. The molecule has 22 heavy (non-hydrogen) atoms. The van der Waals surface area contributed by atoms with E-state index in [-0.39, 0.29) is 22.6 Å². The molecule has 0 aliphatic heterocycles. The standard InChI is InChI=1S/C15H11ClFNO3S/c1-3-21-15(20)12-13(19)8-4-10(17)9(16)5-11(8)18-7(2)6-22-14(12)18/h4-6H,3H2,1-2H3. The number of fused-ring (bicyclic) bond motifs is 3. The highest BCUT2D eigenvalue weighted by molar-refractivity contribution is 7.16. The van der Waals surface area contributed by atoms with Gasteiger partial charge in [-0.1, -0.05) is 11.6 Å². The smallest absolute Gasteiger partial charge is 0.345 e. The summed E-state index contributed by atoms with van der Waals surface area (Å²) in [4.78, 5) is 25.2. The van der Waals surface area contributed by atoms with E-state index in [0.29, 0.717) is 10.3 Å². The molecule has 2 heterocycles. The van der Waals surface area contributed by atoms with E-state index in [1.165, 1.54) is 17.4 Å². The zero-order valence-corrected chi connectivity index (χ0v) is 13.3. The summed E-state index contributed by atoms with van der Waals surface area (Å²) in [7, 11) is 0. The van der Waals surface area contributed by atoms with Gasteiger partial charge in [0.2, 0.25) is 5.43 Å². The van der Waals surface area contributed by atoms with Gasteiger partial charge in [0, 0.05) is 11.1 Å². The van der Waals surface area contributed by atoms with Gasteiger partial charge in [-0.05, 0) is 26.0 Å². The maximum Gasteiger partial charge on any atom is 0.345 e. The minimum absolute atomic E-state index is 0.0739. The number of rotatable bonds is 2. The summed E-state index contributed by atoms with van der Waals surface area (Å²) < 4.78 is 20.4. The Bertz CT molecular complexity index is 976. The first-order chi connectivity index (χ1) is 10.5. The van der Waals surface area contributed by atoms with Gasteiger partial charge in [0.25, 0.3) is 0 Å². The van der Waals surface area contributed by atoms with Crippen molar-refractivity contribution in [3.05, 3.63) is 49.8 Å². The quantitative estimate of drug-likeness (QED) is 0.667. The minimum atomic E-state index is -0.705. The molecular formula is C15H11ClFNO3S. The molecule has 114 valence electrons. The summed E-state index contributed by atoms with van der Waals surface area (Å²) in [6.07, 6.45) is 0. The number of carbonyl (C=O) groups excluding carboxylic acids is 1. The van der Waals surface area contributed by atoms with Crippen LogP contribution in [0.25, 0.3) is 15.7 Å². The number of aryl methyl sites for hydroxylation is 1. The monoisotopic (exact) mass is 339 g/mol. The number of aromatic nitrogens is 1. The Hall–Kier alpha value is -1.92. The molecule has 0 bridgehead atoms. The molecule has 3 rings (SSSR count). The van der Waals surface area contributed by atoms with Crippen molar-refractivity contribution in [3.8, 4) is 0 Å². The molecule has 0 N–H and O–H groups in total. The van der Waals surface area contributed by atoms with Gasteiger partial charge in [0.05, 0.1) is 22.5 Å². The van der Waals surface area contributed by atoms with Crippen molar-refractivity contribution in [2.45, 2.75) is 13.8 Å². The fourth-order valence-corrected chi connectivity index (χ4v) is 3.58. The van der Waals surface area contributed by atoms with Crippen LogP contribution < -0.4 is 5.43 Å². The van der Waals surface area contributed by atoms with Crippen molar-refractivity contribution in [1.82, 2.24) is 4.40 Å². The van der Waals surface area contributed by atoms with Crippen molar-refractivity contribution >= 4 is 44.6 Å². The second kappa shape index (κ2) is 5.37. The van der Waals surface area contributed by atoms with Crippen LogP contribution in [0.3, 0.4) is 0 Å². The molecule has 7 heteroatoms. The summed E-state index contributed by atoms with van der Waals surface area (Å²) in [5, 5.41) is 1.84. The molecule has 0 unspecified atom stereocenters. The van der Waals surface area contributed by atoms with Crippen molar-refractivity contribution in [3.63, 3.8) is 0 Å².